The van der Waals surface area contributed by atoms with Gasteiger partial charge in [-0.15, -0.1) is 0 Å². The van der Waals surface area contributed by atoms with Crippen molar-refractivity contribution >= 4 is 5.91 Å². The molecule has 0 saturated carbocycles. The molecular weight excluding hydrogens is 310 g/mol. The van der Waals surface area contributed by atoms with Gasteiger partial charge in [0.15, 0.2) is 0 Å². The first-order valence-electron chi connectivity index (χ1n) is 7.73. The Balaban J connectivity index is 1.69. The molecule has 1 atom stereocenters. The van der Waals surface area contributed by atoms with E-state index in [-0.39, 0.29) is 11.6 Å². The van der Waals surface area contributed by atoms with Gasteiger partial charge in [-0.3, -0.25) is 18.7 Å². The number of fused-ring (bicyclic) bond motifs is 1. The highest BCUT2D eigenvalue weighted by atomic mass is 16.5. The summed E-state index contributed by atoms with van der Waals surface area (Å²) in [4.78, 5) is 35.9. The van der Waals surface area contributed by atoms with E-state index in [1.54, 1.807) is 0 Å². The maximum Gasteiger partial charge on any atom is 0.331 e. The zero-order valence-electron chi connectivity index (χ0n) is 13.6. The minimum absolute atomic E-state index is 0.0558. The van der Waals surface area contributed by atoms with Crippen molar-refractivity contribution in [3.8, 4) is 5.75 Å². The van der Waals surface area contributed by atoms with Crippen LogP contribution in [0.15, 0.2) is 39.9 Å². The highest BCUT2D eigenvalue weighted by Crippen LogP contribution is 2.26. The molecular formula is C17H19N3O4. The second-order valence-corrected chi connectivity index (χ2v) is 5.97. The quantitative estimate of drug-likeness (QED) is 0.864. The molecule has 3 rings (SSSR count). The Kier molecular flexibility index (Phi) is 4.24. The molecule has 7 heteroatoms. The lowest BCUT2D eigenvalue weighted by molar-refractivity contribution is 0.0928. The Labute approximate surface area is 138 Å². The molecule has 2 aromatic rings. The Morgan fingerprint density at radius 2 is 2.00 bits per heavy atom. The number of carbonyl (C=O) groups is 1. The Morgan fingerprint density at radius 1 is 1.25 bits per heavy atom. The summed E-state index contributed by atoms with van der Waals surface area (Å²) in [6.07, 6.45) is 0.811. The number of para-hydroxylation sites is 1. The molecule has 2 heterocycles. The summed E-state index contributed by atoms with van der Waals surface area (Å²) in [6.45, 7) is 0.934. The van der Waals surface area contributed by atoms with Crippen LogP contribution in [0.2, 0.25) is 0 Å². The molecule has 0 spiro atoms. The van der Waals surface area contributed by atoms with Crippen LogP contribution in [0.4, 0.5) is 0 Å². The van der Waals surface area contributed by atoms with Gasteiger partial charge in [0.05, 0.1) is 6.61 Å². The highest BCUT2D eigenvalue weighted by molar-refractivity contribution is 5.92. The van der Waals surface area contributed by atoms with Crippen molar-refractivity contribution in [2.75, 3.05) is 13.2 Å². The number of aromatic nitrogens is 2. The fourth-order valence-corrected chi connectivity index (χ4v) is 2.80. The molecule has 1 aromatic heterocycles. The molecule has 0 radical (unpaired) electrons. The lowest BCUT2D eigenvalue weighted by Gasteiger charge is -2.25. The van der Waals surface area contributed by atoms with Gasteiger partial charge in [-0.2, -0.15) is 0 Å². The van der Waals surface area contributed by atoms with Crippen LogP contribution in [-0.4, -0.2) is 28.2 Å². The largest absolute Gasteiger partial charge is 0.493 e. The second-order valence-electron chi connectivity index (χ2n) is 5.97. The van der Waals surface area contributed by atoms with Crippen LogP contribution < -0.4 is 21.3 Å². The lowest BCUT2D eigenvalue weighted by Crippen LogP contribution is -2.42. The summed E-state index contributed by atoms with van der Waals surface area (Å²) in [5.41, 5.74) is 0.143. The van der Waals surface area contributed by atoms with Gasteiger partial charge in [-0.25, -0.2) is 4.79 Å². The SMILES string of the molecule is Cn1c(C(=O)NCC2COc3ccccc3C2)cc(=O)n(C)c1=O. The van der Waals surface area contributed by atoms with E-state index >= 15 is 0 Å². The fourth-order valence-electron chi connectivity index (χ4n) is 2.80. The number of hydrogen-bond acceptors (Lipinski definition) is 4. The summed E-state index contributed by atoms with van der Waals surface area (Å²) < 4.78 is 7.82. The topological polar surface area (TPSA) is 82.3 Å². The Morgan fingerprint density at radius 3 is 2.79 bits per heavy atom. The first-order chi connectivity index (χ1) is 11.5. The van der Waals surface area contributed by atoms with Gasteiger partial charge in [0.25, 0.3) is 11.5 Å². The van der Waals surface area contributed by atoms with E-state index in [0.29, 0.717) is 13.2 Å². The molecule has 1 unspecified atom stereocenters. The van der Waals surface area contributed by atoms with Gasteiger partial charge in [-0.1, -0.05) is 18.2 Å². The van der Waals surface area contributed by atoms with Crippen LogP contribution >= 0.6 is 0 Å². The van der Waals surface area contributed by atoms with Crippen molar-refractivity contribution in [1.29, 1.82) is 0 Å². The fraction of sp³-hybridized carbons (Fsp3) is 0.353. The predicted octanol–water partition coefficient (Wildman–Crippen LogP) is 0.0651. The van der Waals surface area contributed by atoms with E-state index < -0.39 is 17.2 Å². The monoisotopic (exact) mass is 329 g/mol. The minimum Gasteiger partial charge on any atom is -0.493 e. The van der Waals surface area contributed by atoms with Crippen molar-refractivity contribution in [3.05, 3.63) is 62.4 Å². The highest BCUT2D eigenvalue weighted by Gasteiger charge is 2.21. The van der Waals surface area contributed by atoms with Crippen molar-refractivity contribution in [1.82, 2.24) is 14.5 Å². The lowest BCUT2D eigenvalue weighted by atomic mass is 9.97. The van der Waals surface area contributed by atoms with E-state index in [2.05, 4.69) is 5.32 Å². The third kappa shape index (κ3) is 2.97. The van der Waals surface area contributed by atoms with Crippen LogP contribution in [0.3, 0.4) is 0 Å². The zero-order chi connectivity index (χ0) is 17.3. The molecule has 0 saturated heterocycles. The van der Waals surface area contributed by atoms with Crippen molar-refractivity contribution in [2.24, 2.45) is 20.0 Å². The van der Waals surface area contributed by atoms with Crippen molar-refractivity contribution < 1.29 is 9.53 Å². The average Bonchev–Trinajstić information content (AvgIpc) is 2.60. The first-order valence-corrected chi connectivity index (χ1v) is 7.73. The van der Waals surface area contributed by atoms with Gasteiger partial charge in [0.2, 0.25) is 0 Å². The molecule has 1 aromatic carbocycles. The van der Waals surface area contributed by atoms with Crippen molar-refractivity contribution in [3.63, 3.8) is 0 Å². The van der Waals surface area contributed by atoms with E-state index in [1.165, 1.54) is 24.7 Å². The standard InChI is InChI=1S/C17H19N3O4/c1-19-13(8-15(21)20(2)17(19)23)16(22)18-9-11-7-12-5-3-4-6-14(12)24-10-11/h3-6,8,11H,7,9-10H2,1-2H3,(H,18,22). The first kappa shape index (κ1) is 16.0. The average molecular weight is 329 g/mol. The molecule has 7 nitrogen and oxygen atoms in total. The van der Waals surface area contributed by atoms with E-state index in [1.807, 2.05) is 24.3 Å². The molecule has 1 aliphatic heterocycles. The van der Waals surface area contributed by atoms with Gasteiger partial charge < -0.3 is 10.1 Å². The van der Waals surface area contributed by atoms with Crippen molar-refractivity contribution in [2.45, 2.75) is 6.42 Å². The predicted molar refractivity (Wildman–Crippen MR) is 88.4 cm³/mol. The maximum absolute atomic E-state index is 12.3. The van der Waals surface area contributed by atoms with Crippen LogP contribution in [-0.2, 0) is 20.5 Å². The number of benzene rings is 1. The number of ether oxygens (including phenoxy) is 1. The third-order valence-corrected chi connectivity index (χ3v) is 4.27. The smallest absolute Gasteiger partial charge is 0.331 e. The Hall–Kier alpha value is -2.83. The second kappa shape index (κ2) is 6.35. The number of nitrogens with one attached hydrogen (secondary N) is 1. The maximum atomic E-state index is 12.3. The van der Waals surface area contributed by atoms with E-state index in [4.69, 9.17) is 4.74 Å². The number of rotatable bonds is 3. The van der Waals surface area contributed by atoms with Crippen LogP contribution in [0.25, 0.3) is 0 Å². The molecule has 1 aliphatic rings. The normalized spacial score (nSPS) is 16.2. The van der Waals surface area contributed by atoms with E-state index in [9.17, 15) is 14.4 Å². The van der Waals surface area contributed by atoms with Gasteiger partial charge in [0, 0.05) is 32.6 Å². The summed E-state index contributed by atoms with van der Waals surface area (Å²) in [7, 11) is 2.85. The van der Waals surface area contributed by atoms with Gasteiger partial charge in [0.1, 0.15) is 11.4 Å². The zero-order valence-corrected chi connectivity index (χ0v) is 13.6. The Bertz CT molecular complexity index is 897. The molecule has 0 aliphatic carbocycles. The molecule has 0 fully saturated rings. The molecule has 1 N–H and O–H groups in total. The molecule has 24 heavy (non-hydrogen) atoms. The molecule has 1 amide bonds. The summed E-state index contributed by atoms with van der Waals surface area (Å²) >= 11 is 0. The number of hydrogen-bond donors (Lipinski definition) is 1. The minimum atomic E-state index is -0.525. The van der Waals surface area contributed by atoms with Crippen LogP contribution in [0.5, 0.6) is 5.75 Å². The number of amides is 1. The van der Waals surface area contributed by atoms with Gasteiger partial charge >= 0.3 is 5.69 Å². The van der Waals surface area contributed by atoms with Gasteiger partial charge in [-0.05, 0) is 18.1 Å². The summed E-state index contributed by atoms with van der Waals surface area (Å²) in [6, 6.07) is 8.99. The third-order valence-electron chi connectivity index (χ3n) is 4.27. The molecule has 126 valence electrons. The number of carbonyl (C=O) groups excluding carboxylic acids is 1. The molecule has 0 bridgehead atoms. The number of nitrogens with zero attached hydrogens (tertiary/aromatic N) is 2. The summed E-state index contributed by atoms with van der Waals surface area (Å²) in [5, 5.41) is 2.79. The van der Waals surface area contributed by atoms with Crippen LogP contribution in [0, 0.1) is 5.92 Å². The van der Waals surface area contributed by atoms with Crippen LogP contribution in [0.1, 0.15) is 16.1 Å². The van der Waals surface area contributed by atoms with E-state index in [0.717, 1.165) is 22.3 Å². The summed E-state index contributed by atoms with van der Waals surface area (Å²) in [5.74, 6) is 0.590.